The van der Waals surface area contributed by atoms with Crippen LogP contribution in [0.4, 0.5) is 18.9 Å². The molecular formula is C25H22F3NO4. The number of esters is 1. The van der Waals surface area contributed by atoms with Gasteiger partial charge in [0.2, 0.25) is 6.10 Å². The smallest absolute Gasteiger partial charge is 0.416 e. The molecule has 0 bridgehead atoms. The summed E-state index contributed by atoms with van der Waals surface area (Å²) in [6.07, 6.45) is -6.25. The van der Waals surface area contributed by atoms with Gasteiger partial charge in [0, 0.05) is 5.56 Å². The fraction of sp³-hybridized carbons (Fsp3) is 0.200. The molecule has 0 radical (unpaired) electrons. The van der Waals surface area contributed by atoms with E-state index < -0.39 is 36.1 Å². The molecule has 1 amide bonds. The van der Waals surface area contributed by atoms with E-state index in [0.29, 0.717) is 23.6 Å². The molecule has 172 valence electrons. The van der Waals surface area contributed by atoms with Gasteiger partial charge in [0.25, 0.3) is 5.91 Å². The van der Waals surface area contributed by atoms with Crippen molar-refractivity contribution in [1.29, 1.82) is 0 Å². The Morgan fingerprint density at radius 2 is 1.64 bits per heavy atom. The number of amides is 1. The van der Waals surface area contributed by atoms with Crippen molar-refractivity contribution in [2.24, 2.45) is 0 Å². The van der Waals surface area contributed by atoms with Crippen molar-refractivity contribution in [1.82, 2.24) is 0 Å². The van der Waals surface area contributed by atoms with E-state index in [1.165, 1.54) is 12.1 Å². The second-order valence-electron chi connectivity index (χ2n) is 7.07. The Hall–Kier alpha value is -3.81. The fourth-order valence-electron chi connectivity index (χ4n) is 3.15. The highest BCUT2D eigenvalue weighted by molar-refractivity contribution is 5.97. The minimum absolute atomic E-state index is 0.128. The third-order valence-corrected chi connectivity index (χ3v) is 4.64. The quantitative estimate of drug-likeness (QED) is 0.449. The van der Waals surface area contributed by atoms with Gasteiger partial charge in [0.05, 0.1) is 24.3 Å². The van der Waals surface area contributed by atoms with Gasteiger partial charge in [-0.3, -0.25) is 9.59 Å². The summed E-state index contributed by atoms with van der Waals surface area (Å²) in [4.78, 5) is 25.6. The summed E-state index contributed by atoms with van der Waals surface area (Å²) < 4.78 is 49.8. The number of anilines is 1. The average molecular weight is 457 g/mol. The fourth-order valence-corrected chi connectivity index (χ4v) is 3.15. The highest BCUT2D eigenvalue weighted by atomic mass is 19.4. The molecule has 0 saturated heterocycles. The van der Waals surface area contributed by atoms with Crippen LogP contribution in [-0.4, -0.2) is 18.5 Å². The Bertz CT molecular complexity index is 1100. The van der Waals surface area contributed by atoms with Crippen molar-refractivity contribution < 1.29 is 32.2 Å². The first-order chi connectivity index (χ1) is 15.8. The molecule has 0 aliphatic carbocycles. The average Bonchev–Trinajstić information content (AvgIpc) is 2.79. The van der Waals surface area contributed by atoms with Gasteiger partial charge in [-0.2, -0.15) is 13.2 Å². The van der Waals surface area contributed by atoms with E-state index in [2.05, 4.69) is 5.32 Å². The number of alkyl halides is 3. The van der Waals surface area contributed by atoms with Crippen LogP contribution in [0.3, 0.4) is 0 Å². The predicted octanol–water partition coefficient (Wildman–Crippen LogP) is 5.57. The number of hydrogen-bond acceptors (Lipinski definition) is 4. The number of benzene rings is 3. The van der Waals surface area contributed by atoms with Gasteiger partial charge in [-0.15, -0.1) is 0 Å². The van der Waals surface area contributed by atoms with Crippen LogP contribution >= 0.6 is 0 Å². The molecule has 1 unspecified atom stereocenters. The number of hydrogen-bond donors (Lipinski definition) is 1. The number of ether oxygens (including phenoxy) is 2. The van der Waals surface area contributed by atoms with Crippen molar-refractivity contribution in [3.05, 3.63) is 95.6 Å². The third kappa shape index (κ3) is 6.58. The van der Waals surface area contributed by atoms with E-state index in [4.69, 9.17) is 9.47 Å². The zero-order valence-corrected chi connectivity index (χ0v) is 17.8. The molecule has 0 aromatic heterocycles. The van der Waals surface area contributed by atoms with Gasteiger partial charge >= 0.3 is 12.1 Å². The lowest BCUT2D eigenvalue weighted by molar-refractivity contribution is -0.154. The summed E-state index contributed by atoms with van der Waals surface area (Å²) in [5.74, 6) is -1.00. The summed E-state index contributed by atoms with van der Waals surface area (Å²) in [5.41, 5.74) is 0.0851. The molecule has 1 N–H and O–H groups in total. The van der Waals surface area contributed by atoms with Gasteiger partial charge in [-0.25, -0.2) is 0 Å². The standard InChI is InChI=1S/C25H22F3NO4/c1-2-32-21-14-7-6-13-20(21)29-24(31)23(18-10-4-3-5-11-18)33-22(30)16-17-9-8-12-19(15-17)25(26,27)28/h3-15,23H,2,16H2,1H3,(H,29,31). The van der Waals surface area contributed by atoms with Crippen LogP contribution < -0.4 is 10.1 Å². The number of para-hydroxylation sites is 2. The van der Waals surface area contributed by atoms with E-state index in [-0.39, 0.29) is 5.56 Å². The van der Waals surface area contributed by atoms with E-state index >= 15 is 0 Å². The molecule has 0 aliphatic heterocycles. The van der Waals surface area contributed by atoms with Gasteiger partial charge in [-0.1, -0.05) is 60.7 Å². The van der Waals surface area contributed by atoms with Crippen molar-refractivity contribution in [2.75, 3.05) is 11.9 Å². The lowest BCUT2D eigenvalue weighted by atomic mass is 10.1. The topological polar surface area (TPSA) is 64.6 Å². The molecule has 3 rings (SSSR count). The van der Waals surface area contributed by atoms with Crippen molar-refractivity contribution in [3.8, 4) is 5.75 Å². The second kappa shape index (κ2) is 10.7. The normalized spacial score (nSPS) is 12.0. The van der Waals surface area contributed by atoms with Crippen LogP contribution in [-0.2, 0) is 26.9 Å². The first-order valence-electron chi connectivity index (χ1n) is 10.2. The van der Waals surface area contributed by atoms with Crippen LogP contribution in [0.2, 0.25) is 0 Å². The highest BCUT2D eigenvalue weighted by Gasteiger charge is 2.31. The minimum atomic E-state index is -4.53. The maximum absolute atomic E-state index is 13.1. The Balaban J connectivity index is 1.79. The lowest BCUT2D eigenvalue weighted by Crippen LogP contribution is -2.26. The van der Waals surface area contributed by atoms with E-state index in [9.17, 15) is 22.8 Å². The van der Waals surface area contributed by atoms with Crippen LogP contribution in [0.5, 0.6) is 5.75 Å². The second-order valence-corrected chi connectivity index (χ2v) is 7.07. The van der Waals surface area contributed by atoms with Crippen LogP contribution in [0, 0.1) is 0 Å². The monoisotopic (exact) mass is 457 g/mol. The summed E-state index contributed by atoms with van der Waals surface area (Å²) in [6.45, 7) is 2.20. The van der Waals surface area contributed by atoms with E-state index in [1.54, 1.807) is 61.5 Å². The van der Waals surface area contributed by atoms with Crippen LogP contribution in [0.1, 0.15) is 29.7 Å². The first-order valence-corrected chi connectivity index (χ1v) is 10.2. The Morgan fingerprint density at radius 3 is 2.33 bits per heavy atom. The Labute approximate surface area is 189 Å². The van der Waals surface area contributed by atoms with Crippen LogP contribution in [0.25, 0.3) is 0 Å². The molecule has 0 heterocycles. The maximum Gasteiger partial charge on any atom is 0.416 e. The number of carbonyl (C=O) groups is 2. The molecule has 3 aromatic carbocycles. The number of nitrogens with one attached hydrogen (secondary N) is 1. The van der Waals surface area contributed by atoms with Gasteiger partial charge in [0.15, 0.2) is 0 Å². The maximum atomic E-state index is 13.1. The Morgan fingerprint density at radius 1 is 0.939 bits per heavy atom. The van der Waals surface area contributed by atoms with E-state index in [0.717, 1.165) is 12.1 Å². The van der Waals surface area contributed by atoms with E-state index in [1.807, 2.05) is 0 Å². The zero-order chi connectivity index (χ0) is 23.8. The number of rotatable bonds is 8. The largest absolute Gasteiger partial charge is 0.492 e. The number of carbonyl (C=O) groups excluding carboxylic acids is 2. The molecule has 0 aliphatic rings. The summed E-state index contributed by atoms with van der Waals surface area (Å²) in [6, 6.07) is 19.6. The summed E-state index contributed by atoms with van der Waals surface area (Å²) in [7, 11) is 0. The SMILES string of the molecule is CCOc1ccccc1NC(=O)C(OC(=O)Cc1cccc(C(F)(F)F)c1)c1ccccc1. The van der Waals surface area contributed by atoms with Gasteiger partial charge in [0.1, 0.15) is 5.75 Å². The predicted molar refractivity (Wildman–Crippen MR) is 117 cm³/mol. The first kappa shape index (κ1) is 23.8. The number of halogens is 3. The molecule has 5 nitrogen and oxygen atoms in total. The molecule has 33 heavy (non-hydrogen) atoms. The summed E-state index contributed by atoms with van der Waals surface area (Å²) in [5, 5.41) is 2.70. The molecule has 0 fully saturated rings. The zero-order valence-electron chi connectivity index (χ0n) is 17.8. The van der Waals surface area contributed by atoms with Crippen LogP contribution in [0.15, 0.2) is 78.9 Å². The molecule has 8 heteroatoms. The Kier molecular flexibility index (Phi) is 7.71. The van der Waals surface area contributed by atoms with Crippen molar-refractivity contribution in [2.45, 2.75) is 25.6 Å². The molecule has 0 saturated carbocycles. The molecule has 1 atom stereocenters. The lowest BCUT2D eigenvalue weighted by Gasteiger charge is -2.19. The molecule has 0 spiro atoms. The van der Waals surface area contributed by atoms with Crippen molar-refractivity contribution in [3.63, 3.8) is 0 Å². The molecular weight excluding hydrogens is 435 g/mol. The highest BCUT2D eigenvalue weighted by Crippen LogP contribution is 2.30. The minimum Gasteiger partial charge on any atom is -0.492 e. The van der Waals surface area contributed by atoms with Gasteiger partial charge in [-0.05, 0) is 30.7 Å². The molecule has 3 aromatic rings. The van der Waals surface area contributed by atoms with Gasteiger partial charge < -0.3 is 14.8 Å². The third-order valence-electron chi connectivity index (χ3n) is 4.64. The summed E-state index contributed by atoms with van der Waals surface area (Å²) >= 11 is 0. The van der Waals surface area contributed by atoms with Crippen molar-refractivity contribution >= 4 is 17.6 Å².